The van der Waals surface area contributed by atoms with Gasteiger partial charge in [0.1, 0.15) is 11.6 Å². The average molecular weight is 258 g/mol. The van der Waals surface area contributed by atoms with Gasteiger partial charge in [0.2, 0.25) is 0 Å². The fourth-order valence-corrected chi connectivity index (χ4v) is 2.05. The molecule has 0 aliphatic heterocycles. The molecule has 0 radical (unpaired) electrons. The normalized spacial score (nSPS) is 10.5. The van der Waals surface area contributed by atoms with Crippen LogP contribution in [0.1, 0.15) is 25.3 Å². The minimum Gasteiger partial charge on any atom is -0.428 e. The van der Waals surface area contributed by atoms with Gasteiger partial charge in [-0.2, -0.15) is 0 Å². The molecule has 0 saturated heterocycles. The lowest BCUT2D eigenvalue weighted by atomic mass is 9.95. The van der Waals surface area contributed by atoms with E-state index in [-0.39, 0.29) is 11.7 Å². The van der Waals surface area contributed by atoms with Gasteiger partial charge < -0.3 is 4.74 Å². The van der Waals surface area contributed by atoms with Gasteiger partial charge in [-0.1, -0.05) is 44.2 Å². The number of para-hydroxylation sites is 1. The molecular weight excluding hydrogens is 243 g/mol. The molecule has 0 aliphatic carbocycles. The van der Waals surface area contributed by atoms with E-state index < -0.39 is 0 Å². The standard InChI is InChI=1S/C16H15FO2/c1-11(2)14-4-3-5-15(16(14)19-10-18)12-6-8-13(17)9-7-12/h3-11H,1-2H3. The summed E-state index contributed by atoms with van der Waals surface area (Å²) in [7, 11) is 0. The van der Waals surface area contributed by atoms with Gasteiger partial charge in [-0.15, -0.1) is 0 Å². The molecule has 0 amide bonds. The molecule has 0 aliphatic rings. The Balaban J connectivity index is 2.58. The Hall–Kier alpha value is -2.16. The maximum absolute atomic E-state index is 13.0. The van der Waals surface area contributed by atoms with Gasteiger partial charge in [-0.25, -0.2) is 4.39 Å². The summed E-state index contributed by atoms with van der Waals surface area (Å²) in [5, 5.41) is 0. The summed E-state index contributed by atoms with van der Waals surface area (Å²) in [6.07, 6.45) is 0. The molecule has 0 bridgehead atoms. The van der Waals surface area contributed by atoms with Crippen molar-refractivity contribution in [3.8, 4) is 16.9 Å². The van der Waals surface area contributed by atoms with E-state index >= 15 is 0 Å². The molecule has 2 aromatic carbocycles. The van der Waals surface area contributed by atoms with Crippen LogP contribution in [0.2, 0.25) is 0 Å². The highest BCUT2D eigenvalue weighted by atomic mass is 19.1. The van der Waals surface area contributed by atoms with E-state index in [1.165, 1.54) is 12.1 Å². The molecule has 0 saturated carbocycles. The fraction of sp³-hybridized carbons (Fsp3) is 0.188. The van der Waals surface area contributed by atoms with Crippen molar-refractivity contribution in [1.82, 2.24) is 0 Å². The lowest BCUT2D eigenvalue weighted by Crippen LogP contribution is -1.99. The number of benzene rings is 2. The highest BCUT2D eigenvalue weighted by Crippen LogP contribution is 2.36. The minimum absolute atomic E-state index is 0.232. The second kappa shape index (κ2) is 5.65. The van der Waals surface area contributed by atoms with Crippen LogP contribution in [0.15, 0.2) is 42.5 Å². The average Bonchev–Trinajstić information content (AvgIpc) is 2.40. The van der Waals surface area contributed by atoms with Crippen molar-refractivity contribution in [1.29, 1.82) is 0 Å². The second-order valence-electron chi connectivity index (χ2n) is 4.60. The van der Waals surface area contributed by atoms with Gasteiger partial charge in [0.25, 0.3) is 6.47 Å². The Morgan fingerprint density at radius 2 is 1.79 bits per heavy atom. The SMILES string of the molecule is CC(C)c1cccc(-c2ccc(F)cc2)c1OC=O. The summed E-state index contributed by atoms with van der Waals surface area (Å²) in [5.41, 5.74) is 2.56. The van der Waals surface area contributed by atoms with Crippen molar-refractivity contribution in [3.63, 3.8) is 0 Å². The smallest absolute Gasteiger partial charge is 0.298 e. The number of carbonyl (C=O) groups is 1. The van der Waals surface area contributed by atoms with Crippen LogP contribution < -0.4 is 4.74 Å². The topological polar surface area (TPSA) is 26.3 Å². The summed E-state index contributed by atoms with van der Waals surface area (Å²) >= 11 is 0. The molecule has 3 heteroatoms. The Morgan fingerprint density at radius 3 is 2.37 bits per heavy atom. The molecule has 19 heavy (non-hydrogen) atoms. The molecule has 0 heterocycles. The van der Waals surface area contributed by atoms with Crippen molar-refractivity contribution in [2.24, 2.45) is 0 Å². The van der Waals surface area contributed by atoms with E-state index in [1.54, 1.807) is 12.1 Å². The minimum atomic E-state index is -0.290. The van der Waals surface area contributed by atoms with E-state index in [9.17, 15) is 9.18 Å². The lowest BCUT2D eigenvalue weighted by molar-refractivity contribution is -0.120. The van der Waals surface area contributed by atoms with Crippen molar-refractivity contribution in [3.05, 3.63) is 53.8 Å². The molecule has 0 fully saturated rings. The molecule has 0 aromatic heterocycles. The molecule has 2 aromatic rings. The molecule has 0 spiro atoms. The fourth-order valence-electron chi connectivity index (χ4n) is 2.05. The maximum atomic E-state index is 13.0. The predicted octanol–water partition coefficient (Wildman–Crippen LogP) is 4.15. The monoisotopic (exact) mass is 258 g/mol. The van der Waals surface area contributed by atoms with Crippen molar-refractivity contribution < 1.29 is 13.9 Å². The number of carbonyl (C=O) groups excluding carboxylic acids is 1. The highest BCUT2D eigenvalue weighted by molar-refractivity contribution is 5.74. The molecule has 2 nitrogen and oxygen atoms in total. The van der Waals surface area contributed by atoms with Gasteiger partial charge in [0.15, 0.2) is 0 Å². The van der Waals surface area contributed by atoms with Crippen LogP contribution in [-0.2, 0) is 4.79 Å². The quantitative estimate of drug-likeness (QED) is 0.770. The first-order chi connectivity index (χ1) is 9.13. The Morgan fingerprint density at radius 1 is 1.11 bits per heavy atom. The second-order valence-corrected chi connectivity index (χ2v) is 4.60. The van der Waals surface area contributed by atoms with Crippen molar-refractivity contribution in [2.75, 3.05) is 0 Å². The largest absolute Gasteiger partial charge is 0.428 e. The molecule has 0 atom stereocenters. The first-order valence-corrected chi connectivity index (χ1v) is 6.12. The van der Waals surface area contributed by atoms with E-state index in [0.717, 1.165) is 16.7 Å². The Kier molecular flexibility index (Phi) is 3.95. The van der Waals surface area contributed by atoms with Crippen LogP contribution in [-0.4, -0.2) is 6.47 Å². The highest BCUT2D eigenvalue weighted by Gasteiger charge is 2.14. The summed E-state index contributed by atoms with van der Waals surface area (Å²) in [6.45, 7) is 4.48. The van der Waals surface area contributed by atoms with Crippen LogP contribution in [0, 0.1) is 5.82 Å². The first kappa shape index (κ1) is 13.3. The molecule has 2 rings (SSSR count). The number of rotatable bonds is 4. The third kappa shape index (κ3) is 2.81. The predicted molar refractivity (Wildman–Crippen MR) is 72.6 cm³/mol. The third-order valence-corrected chi connectivity index (χ3v) is 2.99. The van der Waals surface area contributed by atoms with E-state index in [1.807, 2.05) is 32.0 Å². The Bertz CT molecular complexity index is 574. The van der Waals surface area contributed by atoms with Crippen molar-refractivity contribution in [2.45, 2.75) is 19.8 Å². The van der Waals surface area contributed by atoms with Gasteiger partial charge >= 0.3 is 0 Å². The van der Waals surface area contributed by atoms with E-state index in [0.29, 0.717) is 12.2 Å². The zero-order valence-corrected chi connectivity index (χ0v) is 10.9. The number of hydrogen-bond donors (Lipinski definition) is 0. The molecular formula is C16H15FO2. The molecule has 98 valence electrons. The maximum Gasteiger partial charge on any atom is 0.298 e. The zero-order valence-electron chi connectivity index (χ0n) is 10.9. The van der Waals surface area contributed by atoms with Crippen molar-refractivity contribution >= 4 is 6.47 Å². The number of ether oxygens (including phenoxy) is 1. The summed E-state index contributed by atoms with van der Waals surface area (Å²) in [5.74, 6) is 0.482. The van der Waals surface area contributed by atoms with Gasteiger partial charge in [0.05, 0.1) is 0 Å². The Labute approximate surface area is 111 Å². The summed E-state index contributed by atoms with van der Waals surface area (Å²) in [6, 6.07) is 11.8. The third-order valence-electron chi connectivity index (χ3n) is 2.99. The summed E-state index contributed by atoms with van der Waals surface area (Å²) < 4.78 is 18.1. The van der Waals surface area contributed by atoms with Gasteiger partial charge in [-0.05, 0) is 29.2 Å². The van der Waals surface area contributed by atoms with E-state index in [2.05, 4.69) is 0 Å². The lowest BCUT2D eigenvalue weighted by Gasteiger charge is -2.15. The van der Waals surface area contributed by atoms with Gasteiger partial charge in [0, 0.05) is 5.56 Å². The number of halogens is 1. The zero-order chi connectivity index (χ0) is 13.8. The van der Waals surface area contributed by atoms with E-state index in [4.69, 9.17) is 4.74 Å². The van der Waals surface area contributed by atoms with Crippen LogP contribution >= 0.6 is 0 Å². The molecule has 0 unspecified atom stereocenters. The van der Waals surface area contributed by atoms with Crippen LogP contribution in [0.3, 0.4) is 0 Å². The van der Waals surface area contributed by atoms with Gasteiger partial charge in [-0.3, -0.25) is 4.79 Å². The number of hydrogen-bond acceptors (Lipinski definition) is 2. The summed E-state index contributed by atoms with van der Waals surface area (Å²) in [4.78, 5) is 10.7. The van der Waals surface area contributed by atoms with Crippen LogP contribution in [0.4, 0.5) is 4.39 Å². The van der Waals surface area contributed by atoms with Crippen LogP contribution in [0.5, 0.6) is 5.75 Å². The molecule has 0 N–H and O–H groups in total. The first-order valence-electron chi connectivity index (χ1n) is 6.12. The van der Waals surface area contributed by atoms with Crippen LogP contribution in [0.25, 0.3) is 11.1 Å².